The molecule has 0 fully saturated rings. The predicted molar refractivity (Wildman–Crippen MR) is 110 cm³/mol. The zero-order chi connectivity index (χ0) is 21.1. The molecule has 0 saturated heterocycles. The normalized spacial score (nSPS) is 12.3. The number of hydrogen-bond acceptors (Lipinski definition) is 7. The number of hydrogen-bond donors (Lipinski definition) is 1. The molecule has 10 nitrogen and oxygen atoms in total. The van der Waals surface area contributed by atoms with Gasteiger partial charge in [0.05, 0.1) is 17.7 Å². The Balaban J connectivity index is 1.48. The van der Waals surface area contributed by atoms with Crippen LogP contribution in [0.4, 0.5) is 5.69 Å². The van der Waals surface area contributed by atoms with Crippen LogP contribution in [0.5, 0.6) is 11.5 Å². The molecular formula is C19H14BrN5O5. The van der Waals surface area contributed by atoms with Gasteiger partial charge >= 0.3 is 5.69 Å². The Bertz CT molecular complexity index is 1160. The largest absolute Gasteiger partial charge is 0.454 e. The molecule has 1 aliphatic rings. The second-order valence-corrected chi connectivity index (χ2v) is 7.18. The van der Waals surface area contributed by atoms with Gasteiger partial charge in [-0.1, -0.05) is 28.1 Å². The van der Waals surface area contributed by atoms with Gasteiger partial charge in [-0.2, -0.15) is 10.2 Å². The Kier molecular flexibility index (Phi) is 5.44. The van der Waals surface area contributed by atoms with Gasteiger partial charge < -0.3 is 9.47 Å². The highest BCUT2D eigenvalue weighted by Crippen LogP contribution is 2.32. The van der Waals surface area contributed by atoms with Crippen LogP contribution in [0.2, 0.25) is 0 Å². The van der Waals surface area contributed by atoms with Crippen LogP contribution in [0.3, 0.4) is 0 Å². The van der Waals surface area contributed by atoms with Crippen molar-refractivity contribution in [1.29, 1.82) is 0 Å². The molecule has 1 N–H and O–H groups in total. The molecule has 0 aliphatic carbocycles. The van der Waals surface area contributed by atoms with Gasteiger partial charge in [0.15, 0.2) is 11.5 Å². The van der Waals surface area contributed by atoms with E-state index in [0.717, 1.165) is 10.0 Å². The lowest BCUT2D eigenvalue weighted by Gasteiger charge is -2.01. The number of aromatic nitrogens is 2. The highest BCUT2D eigenvalue weighted by molar-refractivity contribution is 9.10. The number of fused-ring (bicyclic) bond motifs is 1. The summed E-state index contributed by atoms with van der Waals surface area (Å²) in [6.45, 7) is 0.424. The van der Waals surface area contributed by atoms with Gasteiger partial charge in [0.1, 0.15) is 6.20 Å². The Morgan fingerprint density at radius 3 is 2.93 bits per heavy atom. The van der Waals surface area contributed by atoms with Crippen molar-refractivity contribution in [1.82, 2.24) is 15.2 Å². The second-order valence-electron chi connectivity index (χ2n) is 6.26. The first-order valence-electron chi connectivity index (χ1n) is 8.69. The lowest BCUT2D eigenvalue weighted by atomic mass is 10.2. The molecule has 0 saturated carbocycles. The molecule has 0 bridgehead atoms. The van der Waals surface area contributed by atoms with Crippen LogP contribution in [0, 0.1) is 10.1 Å². The summed E-state index contributed by atoms with van der Waals surface area (Å²) in [7, 11) is 0. The number of nitrogens with one attached hydrogen (secondary N) is 1. The van der Waals surface area contributed by atoms with Crippen molar-refractivity contribution >= 4 is 33.7 Å². The summed E-state index contributed by atoms with van der Waals surface area (Å²) < 4.78 is 12.7. The van der Waals surface area contributed by atoms with E-state index in [0.29, 0.717) is 17.1 Å². The number of carbonyl (C=O) groups excluding carboxylic acids is 1. The number of rotatable bonds is 6. The van der Waals surface area contributed by atoms with Crippen LogP contribution in [0.25, 0.3) is 0 Å². The van der Waals surface area contributed by atoms with Crippen LogP contribution in [-0.2, 0) is 6.54 Å². The second kappa shape index (κ2) is 8.33. The van der Waals surface area contributed by atoms with Crippen LogP contribution in [0.15, 0.2) is 58.2 Å². The van der Waals surface area contributed by atoms with Gasteiger partial charge in [0, 0.05) is 4.47 Å². The summed E-state index contributed by atoms with van der Waals surface area (Å²) in [6.07, 6.45) is 2.61. The Hall–Kier alpha value is -3.73. The molecule has 152 valence electrons. The molecule has 0 atom stereocenters. The average Bonchev–Trinajstić information content (AvgIpc) is 3.34. The maximum atomic E-state index is 12.4. The lowest BCUT2D eigenvalue weighted by molar-refractivity contribution is -0.385. The third-order valence-corrected chi connectivity index (χ3v) is 4.66. The minimum absolute atomic E-state index is 0.152. The molecule has 1 aromatic heterocycles. The highest BCUT2D eigenvalue weighted by Gasteiger charge is 2.25. The maximum Gasteiger partial charge on any atom is 0.320 e. The topological polar surface area (TPSA) is 121 Å². The van der Waals surface area contributed by atoms with E-state index in [1.54, 1.807) is 18.2 Å². The molecule has 30 heavy (non-hydrogen) atoms. The van der Waals surface area contributed by atoms with Crippen LogP contribution in [-0.4, -0.2) is 33.6 Å². The molecule has 0 radical (unpaired) electrons. The van der Waals surface area contributed by atoms with E-state index < -0.39 is 16.5 Å². The van der Waals surface area contributed by atoms with Crippen molar-refractivity contribution in [2.75, 3.05) is 6.79 Å². The summed E-state index contributed by atoms with van der Waals surface area (Å²) in [6, 6.07) is 12.6. The number of nitrogens with zero attached hydrogens (tertiary/aromatic N) is 4. The van der Waals surface area contributed by atoms with Crippen molar-refractivity contribution in [3.05, 3.63) is 80.1 Å². The molecule has 11 heteroatoms. The summed E-state index contributed by atoms with van der Waals surface area (Å²) in [5.74, 6) is 0.418. The van der Waals surface area contributed by atoms with E-state index in [1.807, 2.05) is 24.3 Å². The molecule has 0 unspecified atom stereocenters. The van der Waals surface area contributed by atoms with E-state index >= 15 is 0 Å². The molecule has 0 spiro atoms. The molecule has 4 rings (SSSR count). The van der Waals surface area contributed by atoms with Crippen molar-refractivity contribution in [3.8, 4) is 11.5 Å². The fourth-order valence-electron chi connectivity index (χ4n) is 2.82. The monoisotopic (exact) mass is 471 g/mol. The van der Waals surface area contributed by atoms with Crippen molar-refractivity contribution < 1.29 is 19.2 Å². The minimum atomic E-state index is -0.785. The van der Waals surface area contributed by atoms with Gasteiger partial charge in [0.25, 0.3) is 5.91 Å². The maximum absolute atomic E-state index is 12.4. The number of ether oxygens (including phenoxy) is 2. The van der Waals surface area contributed by atoms with E-state index in [-0.39, 0.29) is 19.0 Å². The van der Waals surface area contributed by atoms with E-state index in [2.05, 4.69) is 31.6 Å². The van der Waals surface area contributed by atoms with E-state index in [4.69, 9.17) is 9.47 Å². The SMILES string of the molecule is O=C(NN=Cc1ccc2c(c1)OCO2)c1nn(Cc2cccc(Br)c2)cc1[N+](=O)[O-]. The Morgan fingerprint density at radius 1 is 1.30 bits per heavy atom. The van der Waals surface area contributed by atoms with Crippen molar-refractivity contribution in [2.24, 2.45) is 5.10 Å². The smallest absolute Gasteiger partial charge is 0.320 e. The Labute approximate surface area is 178 Å². The van der Waals surface area contributed by atoms with Crippen molar-refractivity contribution in [2.45, 2.75) is 6.54 Å². The molecule has 2 aromatic carbocycles. The van der Waals surface area contributed by atoms with Crippen molar-refractivity contribution in [3.63, 3.8) is 0 Å². The average molecular weight is 472 g/mol. The van der Waals surface area contributed by atoms with Crippen LogP contribution >= 0.6 is 15.9 Å². The van der Waals surface area contributed by atoms with Gasteiger partial charge in [-0.15, -0.1) is 0 Å². The fourth-order valence-corrected chi connectivity index (χ4v) is 3.27. The first-order chi connectivity index (χ1) is 14.5. The predicted octanol–water partition coefficient (Wildman–Crippen LogP) is 3.09. The minimum Gasteiger partial charge on any atom is -0.454 e. The Morgan fingerprint density at radius 2 is 2.13 bits per heavy atom. The number of hydrazone groups is 1. The third kappa shape index (κ3) is 4.30. The summed E-state index contributed by atoms with van der Waals surface area (Å²) in [5, 5.41) is 19.3. The lowest BCUT2D eigenvalue weighted by Crippen LogP contribution is -2.19. The zero-order valence-electron chi connectivity index (χ0n) is 15.3. The molecule has 1 aliphatic heterocycles. The molecular weight excluding hydrogens is 458 g/mol. The molecule has 3 aromatic rings. The first-order valence-corrected chi connectivity index (χ1v) is 9.48. The standard InChI is InChI=1S/C19H14BrN5O5/c20-14-3-1-2-13(6-14)9-24-10-15(25(27)28)18(23-24)19(26)22-21-8-12-4-5-16-17(7-12)30-11-29-16/h1-8,10H,9,11H2,(H,22,26). The number of benzene rings is 2. The van der Waals surface area contributed by atoms with Gasteiger partial charge in [0.2, 0.25) is 12.5 Å². The molecule has 1 amide bonds. The third-order valence-electron chi connectivity index (χ3n) is 4.16. The summed E-state index contributed by atoms with van der Waals surface area (Å²) in [5.41, 5.74) is 3.08. The van der Waals surface area contributed by atoms with E-state index in [9.17, 15) is 14.9 Å². The number of halogens is 1. The first kappa shape index (κ1) is 19.6. The summed E-state index contributed by atoms with van der Waals surface area (Å²) in [4.78, 5) is 23.1. The highest BCUT2D eigenvalue weighted by atomic mass is 79.9. The van der Waals surface area contributed by atoms with Crippen LogP contribution < -0.4 is 14.9 Å². The quantitative estimate of drug-likeness (QED) is 0.335. The zero-order valence-corrected chi connectivity index (χ0v) is 16.9. The number of nitro groups is 1. The van der Waals surface area contributed by atoms with Gasteiger partial charge in [-0.05, 0) is 41.5 Å². The van der Waals surface area contributed by atoms with Crippen LogP contribution in [0.1, 0.15) is 21.6 Å². The van der Waals surface area contributed by atoms with Gasteiger partial charge in [-0.25, -0.2) is 5.43 Å². The number of amides is 1. The van der Waals surface area contributed by atoms with E-state index in [1.165, 1.54) is 17.1 Å². The number of carbonyl (C=O) groups is 1. The van der Waals surface area contributed by atoms with Gasteiger partial charge in [-0.3, -0.25) is 19.6 Å². The summed E-state index contributed by atoms with van der Waals surface area (Å²) >= 11 is 3.37. The molecule has 2 heterocycles. The fraction of sp³-hybridized carbons (Fsp3) is 0.105.